The number of likely N-dealkylation sites (N-methyl/N-ethyl adjacent to an activating group) is 1. The van der Waals surface area contributed by atoms with Gasteiger partial charge in [-0.25, -0.2) is 0 Å². The number of benzene rings is 1. The van der Waals surface area contributed by atoms with Crippen molar-refractivity contribution in [1.29, 1.82) is 0 Å². The van der Waals surface area contributed by atoms with Gasteiger partial charge in [0, 0.05) is 28.7 Å². The third kappa shape index (κ3) is 5.02. The topological polar surface area (TPSA) is 75.5 Å². The number of aryl methyl sites for hydroxylation is 1. The Bertz CT molecular complexity index is 748. The Labute approximate surface area is 149 Å². The van der Waals surface area contributed by atoms with Crippen LogP contribution in [-0.2, 0) is 11.3 Å². The van der Waals surface area contributed by atoms with Crippen LogP contribution < -0.4 is 5.32 Å². The smallest absolute Gasteiger partial charge is 0.274 e. The van der Waals surface area contributed by atoms with Gasteiger partial charge >= 0.3 is 0 Å². The molecule has 0 unspecified atom stereocenters. The maximum absolute atomic E-state index is 12.2. The van der Waals surface area contributed by atoms with Crippen LogP contribution in [0.3, 0.4) is 0 Å². The Morgan fingerprint density at radius 2 is 2.12 bits per heavy atom. The summed E-state index contributed by atoms with van der Waals surface area (Å²) in [4.78, 5) is 25.8. The van der Waals surface area contributed by atoms with Gasteiger partial charge in [0.05, 0.1) is 15.8 Å². The number of carbonyl (C=O) groups is 1. The third-order valence-electron chi connectivity index (χ3n) is 3.51. The molecule has 1 amide bonds. The van der Waals surface area contributed by atoms with E-state index >= 15 is 0 Å². The molecular formula is C16H18ClN3O3S. The monoisotopic (exact) mass is 367 g/mol. The summed E-state index contributed by atoms with van der Waals surface area (Å²) in [6.07, 6.45) is 0. The Morgan fingerprint density at radius 3 is 2.71 bits per heavy atom. The van der Waals surface area contributed by atoms with E-state index in [1.54, 1.807) is 19.1 Å². The molecule has 0 aliphatic carbocycles. The molecule has 128 valence electrons. The first-order chi connectivity index (χ1) is 11.4. The number of nitrogens with one attached hydrogen (secondary N) is 1. The second kappa shape index (κ2) is 8.23. The van der Waals surface area contributed by atoms with E-state index < -0.39 is 4.92 Å². The van der Waals surface area contributed by atoms with Crippen LogP contribution in [0.4, 0.5) is 11.4 Å². The molecule has 0 atom stereocenters. The van der Waals surface area contributed by atoms with Crippen molar-refractivity contribution in [2.75, 3.05) is 18.4 Å². The van der Waals surface area contributed by atoms with Gasteiger partial charge in [-0.15, -0.1) is 11.3 Å². The van der Waals surface area contributed by atoms with Gasteiger partial charge < -0.3 is 5.32 Å². The van der Waals surface area contributed by atoms with E-state index in [1.807, 2.05) is 24.0 Å². The number of nitro benzene ring substituents is 1. The average molecular weight is 368 g/mol. The molecule has 0 spiro atoms. The van der Waals surface area contributed by atoms with Crippen molar-refractivity contribution < 1.29 is 9.72 Å². The fraction of sp³-hybridized carbons (Fsp3) is 0.312. The van der Waals surface area contributed by atoms with E-state index in [4.69, 9.17) is 11.6 Å². The molecule has 2 rings (SSSR count). The molecule has 1 aromatic carbocycles. The first kappa shape index (κ1) is 18.4. The largest absolute Gasteiger partial charge is 0.325 e. The summed E-state index contributed by atoms with van der Waals surface area (Å²) in [6.45, 7) is 5.17. The van der Waals surface area contributed by atoms with Gasteiger partial charge in [-0.3, -0.25) is 19.8 Å². The summed E-state index contributed by atoms with van der Waals surface area (Å²) in [5.41, 5.74) is 0.976. The third-order valence-corrected chi connectivity index (χ3v) is 4.73. The molecule has 0 fully saturated rings. The summed E-state index contributed by atoms with van der Waals surface area (Å²) >= 11 is 7.41. The molecule has 0 aliphatic rings. The molecule has 0 radical (unpaired) electrons. The lowest BCUT2D eigenvalue weighted by Gasteiger charge is -2.19. The molecule has 2 aromatic rings. The zero-order chi connectivity index (χ0) is 17.7. The highest BCUT2D eigenvalue weighted by molar-refractivity contribution is 7.16. The number of carbonyl (C=O) groups excluding carboxylic acids is 1. The van der Waals surface area contributed by atoms with Gasteiger partial charge in [0.2, 0.25) is 5.91 Å². The molecule has 6 nitrogen and oxygen atoms in total. The first-order valence-corrected chi connectivity index (χ1v) is 8.60. The van der Waals surface area contributed by atoms with Crippen molar-refractivity contribution in [2.24, 2.45) is 0 Å². The summed E-state index contributed by atoms with van der Waals surface area (Å²) in [6, 6.07) is 8.44. The Kier molecular flexibility index (Phi) is 6.30. The summed E-state index contributed by atoms with van der Waals surface area (Å²) < 4.78 is 0.720. The van der Waals surface area contributed by atoms with Crippen LogP contribution in [0.25, 0.3) is 0 Å². The standard InChI is InChI=1S/C16H18ClN3O3S/c1-3-19(9-13-6-7-15(17)24-13)10-16(21)18-12-5-4-11(2)14(8-12)20(22)23/h4-8H,3,9-10H2,1-2H3,(H,18,21). The van der Waals surface area contributed by atoms with E-state index in [1.165, 1.54) is 17.4 Å². The van der Waals surface area contributed by atoms with E-state index in [-0.39, 0.29) is 18.1 Å². The molecule has 0 saturated heterocycles. The maximum Gasteiger partial charge on any atom is 0.274 e. The second-order valence-electron chi connectivity index (χ2n) is 5.32. The fourth-order valence-corrected chi connectivity index (χ4v) is 3.35. The minimum atomic E-state index is -0.454. The lowest BCUT2D eigenvalue weighted by molar-refractivity contribution is -0.385. The number of rotatable bonds is 7. The number of amides is 1. The normalized spacial score (nSPS) is 10.8. The highest BCUT2D eigenvalue weighted by Crippen LogP contribution is 2.23. The highest BCUT2D eigenvalue weighted by Gasteiger charge is 2.14. The zero-order valence-corrected chi connectivity index (χ0v) is 15.0. The molecule has 1 N–H and O–H groups in total. The van der Waals surface area contributed by atoms with Gasteiger partial charge in [0.1, 0.15) is 0 Å². The second-order valence-corrected chi connectivity index (χ2v) is 7.12. The number of thiophene rings is 1. The Balaban J connectivity index is 1.98. The number of hydrogen-bond acceptors (Lipinski definition) is 5. The average Bonchev–Trinajstić information content (AvgIpc) is 2.93. The van der Waals surface area contributed by atoms with Gasteiger partial charge in [0.25, 0.3) is 5.69 Å². The lowest BCUT2D eigenvalue weighted by atomic mass is 10.2. The predicted octanol–water partition coefficient (Wildman–Crippen LogP) is 4.08. The highest BCUT2D eigenvalue weighted by atomic mass is 35.5. The molecule has 0 aliphatic heterocycles. The van der Waals surface area contributed by atoms with E-state index in [0.29, 0.717) is 24.3 Å². The summed E-state index contributed by atoms with van der Waals surface area (Å²) in [7, 11) is 0. The number of nitrogens with zero attached hydrogens (tertiary/aromatic N) is 2. The number of anilines is 1. The number of halogens is 1. The van der Waals surface area contributed by atoms with E-state index in [0.717, 1.165) is 9.21 Å². The first-order valence-electron chi connectivity index (χ1n) is 7.40. The number of hydrogen-bond donors (Lipinski definition) is 1. The fourth-order valence-electron chi connectivity index (χ4n) is 2.22. The summed E-state index contributed by atoms with van der Waals surface area (Å²) in [5.74, 6) is -0.211. The lowest BCUT2D eigenvalue weighted by Crippen LogP contribution is -2.32. The van der Waals surface area contributed by atoms with Gasteiger partial charge in [0.15, 0.2) is 0 Å². The van der Waals surface area contributed by atoms with Gasteiger partial charge in [-0.1, -0.05) is 24.6 Å². The SMILES string of the molecule is CCN(CC(=O)Nc1ccc(C)c([N+](=O)[O-])c1)Cc1ccc(Cl)s1. The number of nitro groups is 1. The predicted molar refractivity (Wildman–Crippen MR) is 96.7 cm³/mol. The van der Waals surface area contributed by atoms with Crippen LogP contribution in [0, 0.1) is 17.0 Å². The van der Waals surface area contributed by atoms with Crippen LogP contribution in [0.5, 0.6) is 0 Å². The van der Waals surface area contributed by atoms with Crippen molar-refractivity contribution >= 4 is 40.2 Å². The van der Waals surface area contributed by atoms with Crippen LogP contribution in [0.15, 0.2) is 30.3 Å². The van der Waals surface area contributed by atoms with Crippen molar-refractivity contribution in [3.05, 3.63) is 55.2 Å². The van der Waals surface area contributed by atoms with Gasteiger partial charge in [-0.05, 0) is 31.7 Å². The van der Waals surface area contributed by atoms with Crippen molar-refractivity contribution in [1.82, 2.24) is 4.90 Å². The quantitative estimate of drug-likeness (QED) is 0.591. The minimum Gasteiger partial charge on any atom is -0.325 e. The van der Waals surface area contributed by atoms with Crippen molar-refractivity contribution in [3.63, 3.8) is 0 Å². The molecule has 1 aromatic heterocycles. The molecular weight excluding hydrogens is 350 g/mol. The van der Waals surface area contributed by atoms with Crippen molar-refractivity contribution in [2.45, 2.75) is 20.4 Å². The molecule has 1 heterocycles. The Morgan fingerprint density at radius 1 is 1.38 bits per heavy atom. The van der Waals surface area contributed by atoms with Crippen LogP contribution in [-0.4, -0.2) is 28.8 Å². The molecule has 0 bridgehead atoms. The zero-order valence-electron chi connectivity index (χ0n) is 13.4. The van der Waals surface area contributed by atoms with Gasteiger partial charge in [-0.2, -0.15) is 0 Å². The van der Waals surface area contributed by atoms with E-state index in [9.17, 15) is 14.9 Å². The van der Waals surface area contributed by atoms with E-state index in [2.05, 4.69) is 5.32 Å². The van der Waals surface area contributed by atoms with Crippen LogP contribution in [0.2, 0.25) is 4.34 Å². The summed E-state index contributed by atoms with van der Waals surface area (Å²) in [5, 5.41) is 13.7. The molecule has 0 saturated carbocycles. The van der Waals surface area contributed by atoms with Crippen molar-refractivity contribution in [3.8, 4) is 0 Å². The van der Waals surface area contributed by atoms with Crippen LogP contribution in [0.1, 0.15) is 17.4 Å². The molecule has 8 heteroatoms. The maximum atomic E-state index is 12.2. The van der Waals surface area contributed by atoms with Crippen LogP contribution >= 0.6 is 22.9 Å². The Hall–Kier alpha value is -1.96. The molecule has 24 heavy (non-hydrogen) atoms. The minimum absolute atomic E-state index is 0.00613.